The Morgan fingerprint density at radius 1 is 1.29 bits per heavy atom. The van der Waals surface area contributed by atoms with Gasteiger partial charge in [-0.1, -0.05) is 6.07 Å². The Morgan fingerprint density at radius 2 is 2.08 bits per heavy atom. The number of nitriles is 1. The van der Waals surface area contributed by atoms with Gasteiger partial charge < -0.3 is 4.90 Å². The molecule has 1 amide bonds. The van der Waals surface area contributed by atoms with Crippen molar-refractivity contribution >= 4 is 38.6 Å². The molecule has 0 saturated heterocycles. The molecule has 3 rings (SSSR count). The van der Waals surface area contributed by atoms with Crippen LogP contribution in [0.4, 0.5) is 4.79 Å². The van der Waals surface area contributed by atoms with E-state index in [2.05, 4.69) is 9.36 Å². The summed E-state index contributed by atoms with van der Waals surface area (Å²) >= 11 is 2.59. The highest BCUT2D eigenvalue weighted by molar-refractivity contribution is 8.13. The van der Waals surface area contributed by atoms with Gasteiger partial charge in [0.1, 0.15) is 11.8 Å². The Balaban J connectivity index is 2.20. The Kier molecular flexibility index (Phi) is 4.51. The lowest BCUT2D eigenvalue weighted by Crippen LogP contribution is -2.16. The number of aryl methyl sites for hydroxylation is 1. The lowest BCUT2D eigenvalue weighted by Gasteiger charge is -2.13. The van der Waals surface area contributed by atoms with Gasteiger partial charge in [0.25, 0.3) is 5.24 Å². The lowest BCUT2D eigenvalue weighted by atomic mass is 10.0. The van der Waals surface area contributed by atoms with Gasteiger partial charge in [-0.25, -0.2) is 4.98 Å². The molecule has 0 N–H and O–H groups in total. The van der Waals surface area contributed by atoms with E-state index >= 15 is 0 Å². The molecule has 1 aromatic carbocycles. The van der Waals surface area contributed by atoms with Gasteiger partial charge in [0.05, 0.1) is 10.4 Å². The number of pyridine rings is 1. The fourth-order valence-electron chi connectivity index (χ4n) is 2.26. The molecule has 0 aliphatic heterocycles. The molecule has 120 valence electrons. The number of rotatable bonds is 2. The summed E-state index contributed by atoms with van der Waals surface area (Å²) in [6.45, 7) is 1.97. The van der Waals surface area contributed by atoms with E-state index in [1.54, 1.807) is 31.3 Å². The van der Waals surface area contributed by atoms with E-state index in [0.29, 0.717) is 5.69 Å². The molecule has 0 bridgehead atoms. The Labute approximate surface area is 148 Å². The van der Waals surface area contributed by atoms with Crippen molar-refractivity contribution in [2.75, 3.05) is 14.1 Å². The van der Waals surface area contributed by atoms with Crippen molar-refractivity contribution in [3.8, 4) is 17.2 Å². The van der Waals surface area contributed by atoms with Gasteiger partial charge >= 0.3 is 0 Å². The van der Waals surface area contributed by atoms with E-state index in [4.69, 9.17) is 5.26 Å². The predicted molar refractivity (Wildman–Crippen MR) is 97.2 cm³/mol. The van der Waals surface area contributed by atoms with Gasteiger partial charge in [-0.3, -0.25) is 4.79 Å². The predicted octanol–water partition coefficient (Wildman–Crippen LogP) is 4.31. The number of fused-ring (bicyclic) bond motifs is 1. The summed E-state index contributed by atoms with van der Waals surface area (Å²) < 4.78 is 5.46. The standard InChI is InChI=1S/C17H14N4OS2/c1-10-13-6-7-14(23-17(22)21(2)3)15(16(13)24-20-10)11-4-5-12(8-18)19-9-11/h4-7,9H,1-3H3. The number of hydrogen-bond acceptors (Lipinski definition) is 6. The highest BCUT2D eigenvalue weighted by Gasteiger charge is 2.18. The van der Waals surface area contributed by atoms with Crippen LogP contribution in [-0.4, -0.2) is 33.6 Å². The quantitative estimate of drug-likeness (QED) is 0.641. The summed E-state index contributed by atoms with van der Waals surface area (Å²) in [5, 5.41) is 9.96. The lowest BCUT2D eigenvalue weighted by molar-refractivity contribution is 0.241. The van der Waals surface area contributed by atoms with Crippen LogP contribution in [-0.2, 0) is 0 Å². The van der Waals surface area contributed by atoms with E-state index in [0.717, 1.165) is 31.8 Å². The van der Waals surface area contributed by atoms with Crippen LogP contribution < -0.4 is 0 Å². The molecular formula is C17H14N4OS2. The third-order valence-electron chi connectivity index (χ3n) is 3.51. The molecule has 2 heterocycles. The smallest absolute Gasteiger partial charge is 0.285 e. The molecule has 0 fully saturated rings. The van der Waals surface area contributed by atoms with Crippen molar-refractivity contribution in [3.05, 3.63) is 41.9 Å². The maximum Gasteiger partial charge on any atom is 0.285 e. The van der Waals surface area contributed by atoms with Crippen LogP contribution in [0.3, 0.4) is 0 Å². The zero-order valence-electron chi connectivity index (χ0n) is 13.4. The zero-order valence-corrected chi connectivity index (χ0v) is 15.0. The average Bonchev–Trinajstić information content (AvgIpc) is 2.96. The summed E-state index contributed by atoms with van der Waals surface area (Å²) in [5.74, 6) is 0. The van der Waals surface area contributed by atoms with E-state index < -0.39 is 0 Å². The summed E-state index contributed by atoms with van der Waals surface area (Å²) in [7, 11) is 3.46. The van der Waals surface area contributed by atoms with E-state index in [1.807, 2.05) is 31.2 Å². The number of aromatic nitrogens is 2. The van der Waals surface area contributed by atoms with E-state index in [9.17, 15) is 4.79 Å². The largest absolute Gasteiger partial charge is 0.339 e. The second-order valence-electron chi connectivity index (χ2n) is 5.39. The summed E-state index contributed by atoms with van der Waals surface area (Å²) in [6.07, 6.45) is 1.67. The number of carbonyl (C=O) groups is 1. The second-order valence-corrected chi connectivity index (χ2v) is 7.16. The Morgan fingerprint density at radius 3 is 2.71 bits per heavy atom. The number of carbonyl (C=O) groups excluding carboxylic acids is 1. The molecule has 0 atom stereocenters. The SMILES string of the molecule is Cc1nsc2c(-c3ccc(C#N)nc3)c(SC(=O)N(C)C)ccc12. The van der Waals surface area contributed by atoms with Crippen molar-refractivity contribution in [3.63, 3.8) is 0 Å². The first-order valence-electron chi connectivity index (χ1n) is 7.16. The van der Waals surface area contributed by atoms with Crippen molar-refractivity contribution in [2.45, 2.75) is 11.8 Å². The summed E-state index contributed by atoms with van der Waals surface area (Å²) in [6, 6.07) is 9.52. The number of benzene rings is 1. The van der Waals surface area contributed by atoms with Gasteiger partial charge in [-0.15, -0.1) is 0 Å². The number of amides is 1. The van der Waals surface area contributed by atoms with Crippen molar-refractivity contribution in [2.24, 2.45) is 0 Å². The molecule has 3 aromatic rings. The van der Waals surface area contributed by atoms with Gasteiger partial charge in [0, 0.05) is 41.7 Å². The summed E-state index contributed by atoms with van der Waals surface area (Å²) in [5.41, 5.74) is 3.14. The van der Waals surface area contributed by atoms with Crippen molar-refractivity contribution < 1.29 is 4.79 Å². The van der Waals surface area contributed by atoms with E-state index in [-0.39, 0.29) is 5.24 Å². The van der Waals surface area contributed by atoms with Gasteiger partial charge in [-0.05, 0) is 48.4 Å². The molecule has 0 aliphatic carbocycles. The fourth-order valence-corrected chi connectivity index (χ4v) is 4.11. The number of nitrogens with zero attached hydrogens (tertiary/aromatic N) is 4. The Hall–Kier alpha value is -2.43. The Bertz CT molecular complexity index is 955. The van der Waals surface area contributed by atoms with Gasteiger partial charge in [0.15, 0.2) is 0 Å². The third kappa shape index (κ3) is 2.98. The fraction of sp³-hybridized carbons (Fsp3) is 0.176. The maximum atomic E-state index is 12.2. The molecule has 0 unspecified atom stereocenters. The molecule has 5 nitrogen and oxygen atoms in total. The van der Waals surface area contributed by atoms with Gasteiger partial charge in [0.2, 0.25) is 0 Å². The normalized spacial score (nSPS) is 10.6. The first kappa shape index (κ1) is 16.4. The van der Waals surface area contributed by atoms with Crippen molar-refractivity contribution in [1.82, 2.24) is 14.3 Å². The van der Waals surface area contributed by atoms with Crippen LogP contribution in [0.1, 0.15) is 11.4 Å². The van der Waals surface area contributed by atoms with Crippen molar-refractivity contribution in [1.29, 1.82) is 5.26 Å². The second kappa shape index (κ2) is 6.59. The minimum atomic E-state index is -0.0431. The zero-order chi connectivity index (χ0) is 17.3. The highest BCUT2D eigenvalue weighted by Crippen LogP contribution is 2.40. The molecule has 7 heteroatoms. The summed E-state index contributed by atoms with van der Waals surface area (Å²) in [4.78, 5) is 18.7. The molecular weight excluding hydrogens is 340 g/mol. The van der Waals surface area contributed by atoms with Gasteiger partial charge in [-0.2, -0.15) is 9.64 Å². The molecule has 2 aromatic heterocycles. The molecule has 0 aliphatic rings. The highest BCUT2D eigenvalue weighted by atomic mass is 32.2. The monoisotopic (exact) mass is 354 g/mol. The van der Waals surface area contributed by atoms with Crippen LogP contribution in [0, 0.1) is 18.3 Å². The van der Waals surface area contributed by atoms with Crippen LogP contribution in [0.25, 0.3) is 21.2 Å². The molecule has 0 saturated carbocycles. The first-order valence-corrected chi connectivity index (χ1v) is 8.75. The average molecular weight is 354 g/mol. The molecule has 0 radical (unpaired) electrons. The topological polar surface area (TPSA) is 69.9 Å². The van der Waals surface area contributed by atoms with Crippen LogP contribution in [0.2, 0.25) is 0 Å². The minimum Gasteiger partial charge on any atom is -0.339 e. The molecule has 24 heavy (non-hydrogen) atoms. The van der Waals surface area contributed by atoms with Crippen LogP contribution >= 0.6 is 23.3 Å². The number of hydrogen-bond donors (Lipinski definition) is 0. The van der Waals surface area contributed by atoms with Crippen LogP contribution in [0.5, 0.6) is 0 Å². The van der Waals surface area contributed by atoms with Crippen LogP contribution in [0.15, 0.2) is 35.4 Å². The molecule has 0 spiro atoms. The first-order chi connectivity index (χ1) is 11.5. The number of thioether (sulfide) groups is 1. The maximum absolute atomic E-state index is 12.2. The third-order valence-corrected chi connectivity index (χ3v) is 5.58. The minimum absolute atomic E-state index is 0.0431. The van der Waals surface area contributed by atoms with E-state index in [1.165, 1.54) is 23.3 Å².